The lowest BCUT2D eigenvalue weighted by Gasteiger charge is -1.69. The van der Waals surface area contributed by atoms with Gasteiger partial charge in [0.15, 0.2) is 11.1 Å². The SMILES string of the molecule is O=S(O)C=C1CO1. The Morgan fingerprint density at radius 1 is 2.00 bits per heavy atom. The van der Waals surface area contributed by atoms with Crippen LogP contribution in [0.5, 0.6) is 0 Å². The van der Waals surface area contributed by atoms with E-state index in [-0.39, 0.29) is 0 Å². The van der Waals surface area contributed by atoms with Crippen LogP contribution in [-0.4, -0.2) is 15.4 Å². The van der Waals surface area contributed by atoms with Crippen LogP contribution in [0.2, 0.25) is 0 Å². The molecule has 1 N–H and O–H groups in total. The molecule has 1 rings (SSSR count). The van der Waals surface area contributed by atoms with Gasteiger partial charge in [0.25, 0.3) is 0 Å². The van der Waals surface area contributed by atoms with E-state index >= 15 is 0 Å². The molecule has 1 heterocycles. The molecule has 4 heteroatoms. The first-order valence-electron chi connectivity index (χ1n) is 1.72. The number of hydrogen-bond donors (Lipinski definition) is 1. The van der Waals surface area contributed by atoms with Gasteiger partial charge in [-0.3, -0.25) is 0 Å². The summed E-state index contributed by atoms with van der Waals surface area (Å²) in [6, 6.07) is 0. The van der Waals surface area contributed by atoms with E-state index in [0.29, 0.717) is 12.4 Å². The van der Waals surface area contributed by atoms with Gasteiger partial charge in [-0.15, -0.1) is 0 Å². The Kier molecular flexibility index (Phi) is 1.12. The Morgan fingerprint density at radius 3 is 2.71 bits per heavy atom. The van der Waals surface area contributed by atoms with Crippen molar-refractivity contribution in [2.24, 2.45) is 0 Å². The minimum Gasteiger partial charge on any atom is -0.486 e. The monoisotopic (exact) mass is 120 g/mol. The summed E-state index contributed by atoms with van der Waals surface area (Å²) in [6.45, 7) is 0.520. The summed E-state index contributed by atoms with van der Waals surface area (Å²) in [4.78, 5) is 0. The van der Waals surface area contributed by atoms with Crippen LogP contribution in [0.4, 0.5) is 0 Å². The van der Waals surface area contributed by atoms with Crippen molar-refractivity contribution in [2.45, 2.75) is 0 Å². The van der Waals surface area contributed by atoms with Gasteiger partial charge in [-0.1, -0.05) is 0 Å². The molecule has 1 atom stereocenters. The van der Waals surface area contributed by atoms with Crippen molar-refractivity contribution in [3.8, 4) is 0 Å². The molecule has 1 unspecified atom stereocenters. The van der Waals surface area contributed by atoms with Gasteiger partial charge in [0.1, 0.15) is 12.4 Å². The van der Waals surface area contributed by atoms with E-state index in [1.165, 1.54) is 5.41 Å². The second kappa shape index (κ2) is 1.63. The Labute approximate surface area is 43.3 Å². The molecule has 0 aromatic carbocycles. The molecule has 0 amide bonds. The van der Waals surface area contributed by atoms with E-state index in [4.69, 9.17) is 4.55 Å². The highest BCUT2D eigenvalue weighted by Gasteiger charge is 2.12. The van der Waals surface area contributed by atoms with Crippen LogP contribution in [0.1, 0.15) is 0 Å². The maximum atomic E-state index is 9.80. The highest BCUT2D eigenvalue weighted by Crippen LogP contribution is 2.13. The molecule has 1 aliphatic rings. The first-order chi connectivity index (χ1) is 3.29. The van der Waals surface area contributed by atoms with Crippen LogP contribution < -0.4 is 0 Å². The van der Waals surface area contributed by atoms with Gasteiger partial charge in [-0.2, -0.15) is 0 Å². The zero-order chi connectivity index (χ0) is 5.28. The van der Waals surface area contributed by atoms with Gasteiger partial charge in [-0.05, 0) is 0 Å². The molecule has 0 aromatic heterocycles. The largest absolute Gasteiger partial charge is 0.486 e. The minimum absolute atomic E-state index is 0.520. The van der Waals surface area contributed by atoms with Crippen LogP contribution >= 0.6 is 0 Å². The summed E-state index contributed by atoms with van der Waals surface area (Å²) in [6.07, 6.45) is 0. The fourth-order valence-electron chi connectivity index (χ4n) is 0.222. The van der Waals surface area contributed by atoms with E-state index in [1.54, 1.807) is 0 Å². The Morgan fingerprint density at radius 2 is 2.57 bits per heavy atom. The predicted molar refractivity (Wildman–Crippen MR) is 24.8 cm³/mol. The molecule has 1 saturated heterocycles. The van der Waals surface area contributed by atoms with Gasteiger partial charge >= 0.3 is 0 Å². The average molecular weight is 120 g/mol. The zero-order valence-corrected chi connectivity index (χ0v) is 4.27. The van der Waals surface area contributed by atoms with Crippen LogP contribution in [0.3, 0.4) is 0 Å². The van der Waals surface area contributed by atoms with Crippen molar-refractivity contribution in [1.29, 1.82) is 0 Å². The quantitative estimate of drug-likeness (QED) is 0.394. The first kappa shape index (κ1) is 4.80. The highest BCUT2D eigenvalue weighted by atomic mass is 32.2. The van der Waals surface area contributed by atoms with Crippen molar-refractivity contribution < 1.29 is 13.5 Å². The lowest BCUT2D eigenvalue weighted by atomic mass is 10.8. The van der Waals surface area contributed by atoms with E-state index in [1.807, 2.05) is 0 Å². The Balaban J connectivity index is 2.45. The van der Waals surface area contributed by atoms with Crippen LogP contribution in [0.15, 0.2) is 11.2 Å². The molecule has 0 bridgehead atoms. The molecular weight excluding hydrogens is 116 g/mol. The van der Waals surface area contributed by atoms with Gasteiger partial charge in [0, 0.05) is 0 Å². The van der Waals surface area contributed by atoms with Gasteiger partial charge < -0.3 is 9.29 Å². The summed E-state index contributed by atoms with van der Waals surface area (Å²) >= 11 is -1.82. The predicted octanol–water partition coefficient (Wildman–Crippen LogP) is 0.0797. The number of rotatable bonds is 1. The molecular formula is C3H4O3S. The number of epoxide rings is 1. The number of ether oxygens (including phenoxy) is 1. The molecule has 0 aliphatic carbocycles. The summed E-state index contributed by atoms with van der Waals surface area (Å²) in [5, 5.41) is 1.17. The van der Waals surface area contributed by atoms with E-state index < -0.39 is 11.1 Å². The van der Waals surface area contributed by atoms with E-state index in [9.17, 15) is 4.21 Å². The maximum Gasteiger partial charge on any atom is 0.182 e. The standard InChI is InChI=1S/C3H4O3S/c4-7(5)2-3-1-6-3/h2H,1H2,(H,4,5). The van der Waals surface area contributed by atoms with Crippen LogP contribution in [0.25, 0.3) is 0 Å². The zero-order valence-electron chi connectivity index (χ0n) is 3.46. The molecule has 0 spiro atoms. The molecule has 0 saturated carbocycles. The Bertz CT molecular complexity index is 122. The second-order valence-corrected chi connectivity index (χ2v) is 1.94. The Hall–Kier alpha value is -0.350. The van der Waals surface area contributed by atoms with Crippen LogP contribution in [0, 0.1) is 0 Å². The van der Waals surface area contributed by atoms with Gasteiger partial charge in [-0.25, -0.2) is 4.21 Å². The smallest absolute Gasteiger partial charge is 0.182 e. The first-order valence-corrected chi connectivity index (χ1v) is 2.89. The number of hydrogen-bond acceptors (Lipinski definition) is 2. The molecule has 40 valence electrons. The third-order valence-corrected chi connectivity index (χ3v) is 1.01. The van der Waals surface area contributed by atoms with Crippen molar-refractivity contribution >= 4 is 11.1 Å². The van der Waals surface area contributed by atoms with Crippen molar-refractivity contribution in [3.05, 3.63) is 11.2 Å². The van der Waals surface area contributed by atoms with Crippen LogP contribution in [-0.2, 0) is 15.8 Å². The average Bonchev–Trinajstić information content (AvgIpc) is 2.17. The topological polar surface area (TPSA) is 49.8 Å². The molecule has 0 radical (unpaired) electrons. The van der Waals surface area contributed by atoms with Gasteiger partial charge in [0.2, 0.25) is 0 Å². The highest BCUT2D eigenvalue weighted by molar-refractivity contribution is 7.82. The van der Waals surface area contributed by atoms with Crippen molar-refractivity contribution in [2.75, 3.05) is 6.61 Å². The molecule has 0 aromatic rings. The third kappa shape index (κ3) is 1.70. The van der Waals surface area contributed by atoms with Gasteiger partial charge in [0.05, 0.1) is 5.41 Å². The second-order valence-electron chi connectivity index (χ2n) is 1.15. The summed E-state index contributed by atoms with van der Waals surface area (Å²) < 4.78 is 22.4. The molecule has 1 fully saturated rings. The maximum absolute atomic E-state index is 9.80. The lowest BCUT2D eigenvalue weighted by Crippen LogP contribution is -1.74. The lowest BCUT2D eigenvalue weighted by molar-refractivity contribution is 0.509. The fraction of sp³-hybridized carbons (Fsp3) is 0.333. The third-order valence-electron chi connectivity index (χ3n) is 0.543. The molecule has 1 aliphatic heterocycles. The van der Waals surface area contributed by atoms with E-state index in [2.05, 4.69) is 4.74 Å². The molecule has 7 heavy (non-hydrogen) atoms. The summed E-state index contributed by atoms with van der Waals surface area (Å²) in [7, 11) is 0. The molecule has 3 nitrogen and oxygen atoms in total. The van der Waals surface area contributed by atoms with Crippen molar-refractivity contribution in [3.63, 3.8) is 0 Å². The van der Waals surface area contributed by atoms with E-state index in [0.717, 1.165) is 0 Å². The fourth-order valence-corrected chi connectivity index (χ4v) is 0.583. The van der Waals surface area contributed by atoms with Crippen molar-refractivity contribution in [1.82, 2.24) is 0 Å². The minimum atomic E-state index is -1.82. The summed E-state index contributed by atoms with van der Waals surface area (Å²) in [5.41, 5.74) is 0. The summed E-state index contributed by atoms with van der Waals surface area (Å²) in [5.74, 6) is 0.612. The normalized spacial score (nSPS) is 26.7.